The maximum atomic E-state index is 13.6. The first-order valence-corrected chi connectivity index (χ1v) is 15.1. The molecular formula is C34H43N3O6. The van der Waals surface area contributed by atoms with Gasteiger partial charge in [0.1, 0.15) is 12.1 Å². The van der Waals surface area contributed by atoms with Crippen molar-refractivity contribution < 1.29 is 28.5 Å². The first-order valence-electron chi connectivity index (χ1n) is 15.1. The van der Waals surface area contributed by atoms with E-state index < -0.39 is 6.04 Å². The molecule has 1 aliphatic heterocycles. The number of methoxy groups -OCH3 is 3. The number of benzene rings is 1. The topological polar surface area (TPSA) is 100 Å². The van der Waals surface area contributed by atoms with Gasteiger partial charge in [-0.15, -0.1) is 0 Å². The molecule has 3 heterocycles. The lowest BCUT2D eigenvalue weighted by molar-refractivity contribution is -0.157. The van der Waals surface area contributed by atoms with Gasteiger partial charge in [0.2, 0.25) is 5.75 Å². The van der Waals surface area contributed by atoms with Gasteiger partial charge in [-0.05, 0) is 93.3 Å². The number of carbonyl (C=O) groups excluding carboxylic acids is 2. The van der Waals surface area contributed by atoms with Crippen molar-refractivity contribution in [2.45, 2.75) is 69.9 Å². The summed E-state index contributed by atoms with van der Waals surface area (Å²) in [4.78, 5) is 37.5. The third kappa shape index (κ3) is 9.25. The lowest BCUT2D eigenvalue weighted by Gasteiger charge is -2.34. The van der Waals surface area contributed by atoms with E-state index in [0.717, 1.165) is 51.4 Å². The molecule has 0 aliphatic carbocycles. The van der Waals surface area contributed by atoms with Crippen LogP contribution in [0.3, 0.4) is 0 Å². The van der Waals surface area contributed by atoms with E-state index in [2.05, 4.69) is 22.1 Å². The Hall–Kier alpha value is -3.98. The molecule has 0 spiro atoms. The Bertz CT molecular complexity index is 1230. The van der Waals surface area contributed by atoms with Crippen molar-refractivity contribution in [3.63, 3.8) is 0 Å². The van der Waals surface area contributed by atoms with Crippen LogP contribution in [0.15, 0.2) is 61.2 Å². The fourth-order valence-electron chi connectivity index (χ4n) is 5.63. The van der Waals surface area contributed by atoms with Crippen LogP contribution in [0.5, 0.6) is 17.2 Å². The number of aryl methyl sites for hydroxylation is 2. The van der Waals surface area contributed by atoms with Gasteiger partial charge in [-0.1, -0.05) is 18.6 Å². The maximum Gasteiger partial charge on any atom is 0.323 e. The molecule has 1 atom stereocenters. The summed E-state index contributed by atoms with van der Waals surface area (Å²) in [7, 11) is 4.56. The average molecular weight is 590 g/mol. The van der Waals surface area contributed by atoms with Crippen LogP contribution < -0.4 is 14.2 Å². The van der Waals surface area contributed by atoms with Crippen LogP contribution in [0.4, 0.5) is 0 Å². The molecule has 0 radical (unpaired) electrons. The summed E-state index contributed by atoms with van der Waals surface area (Å²) in [5, 5.41) is 0. The fraction of sp³-hybridized carbons (Fsp3) is 0.471. The zero-order valence-corrected chi connectivity index (χ0v) is 25.5. The number of pyridine rings is 2. The normalized spacial score (nSPS) is 15.2. The molecule has 0 amide bonds. The average Bonchev–Trinajstić information content (AvgIpc) is 3.05. The number of nitrogens with zero attached hydrogens (tertiary/aromatic N) is 3. The summed E-state index contributed by atoms with van der Waals surface area (Å²) in [5.74, 6) is 0.896. The Balaban J connectivity index is 1.41. The van der Waals surface area contributed by atoms with Crippen LogP contribution in [-0.4, -0.2) is 73.2 Å². The SMILES string of the molecule is COc1cc(C(=O)CN2CCCCC2C(=O)OC(CCCc2cccnc2)CCCc2cccnc2)cc(OC)c1OC. The summed E-state index contributed by atoms with van der Waals surface area (Å²) in [6, 6.07) is 10.9. The summed E-state index contributed by atoms with van der Waals surface area (Å²) in [6.07, 6.45) is 14.7. The predicted molar refractivity (Wildman–Crippen MR) is 164 cm³/mol. The van der Waals surface area contributed by atoms with Crippen LogP contribution in [0, 0.1) is 0 Å². The van der Waals surface area contributed by atoms with Crippen LogP contribution in [0.1, 0.15) is 66.4 Å². The number of aromatic nitrogens is 2. The number of likely N-dealkylation sites (tertiary alicyclic amines) is 1. The number of hydrogen-bond acceptors (Lipinski definition) is 9. The highest BCUT2D eigenvalue weighted by molar-refractivity contribution is 5.99. The second-order valence-electron chi connectivity index (χ2n) is 10.9. The number of carbonyl (C=O) groups is 2. The quantitative estimate of drug-likeness (QED) is 0.158. The molecule has 1 aliphatic rings. The Morgan fingerprint density at radius 2 is 1.49 bits per heavy atom. The molecule has 2 aromatic heterocycles. The third-order valence-electron chi connectivity index (χ3n) is 7.93. The molecule has 1 fully saturated rings. The van der Waals surface area contributed by atoms with Gasteiger partial charge < -0.3 is 18.9 Å². The van der Waals surface area contributed by atoms with Crippen LogP contribution in [-0.2, 0) is 22.4 Å². The summed E-state index contributed by atoms with van der Waals surface area (Å²) >= 11 is 0. The van der Waals surface area contributed by atoms with Gasteiger partial charge in [0.25, 0.3) is 0 Å². The maximum absolute atomic E-state index is 13.6. The van der Waals surface area contributed by atoms with Crippen LogP contribution in [0.25, 0.3) is 0 Å². The highest BCUT2D eigenvalue weighted by atomic mass is 16.5. The Kier molecular flexibility index (Phi) is 12.3. The Labute approximate surface area is 254 Å². The van der Waals surface area contributed by atoms with E-state index in [4.69, 9.17) is 18.9 Å². The van der Waals surface area contributed by atoms with E-state index in [1.807, 2.05) is 29.4 Å². The highest BCUT2D eigenvalue weighted by Gasteiger charge is 2.33. The molecule has 4 rings (SSSR count). The lowest BCUT2D eigenvalue weighted by Crippen LogP contribution is -2.48. The van der Waals surface area contributed by atoms with Gasteiger partial charge in [0.15, 0.2) is 17.3 Å². The van der Waals surface area contributed by atoms with E-state index in [9.17, 15) is 9.59 Å². The number of hydrogen-bond donors (Lipinski definition) is 0. The molecule has 43 heavy (non-hydrogen) atoms. The van der Waals surface area contributed by atoms with Crippen molar-refractivity contribution in [1.82, 2.24) is 14.9 Å². The Morgan fingerprint density at radius 1 is 0.884 bits per heavy atom. The van der Waals surface area contributed by atoms with E-state index in [1.54, 1.807) is 24.5 Å². The molecule has 3 aromatic rings. The number of ketones is 1. The second-order valence-corrected chi connectivity index (χ2v) is 10.9. The zero-order valence-electron chi connectivity index (χ0n) is 25.5. The highest BCUT2D eigenvalue weighted by Crippen LogP contribution is 2.38. The van der Waals surface area contributed by atoms with Crippen molar-refractivity contribution >= 4 is 11.8 Å². The molecule has 0 saturated carbocycles. The first kappa shape index (κ1) is 31.9. The van der Waals surface area contributed by atoms with Crippen molar-refractivity contribution in [3.05, 3.63) is 77.9 Å². The smallest absolute Gasteiger partial charge is 0.323 e. The number of rotatable bonds is 16. The Morgan fingerprint density at radius 3 is 2.00 bits per heavy atom. The molecule has 230 valence electrons. The lowest BCUT2D eigenvalue weighted by atomic mass is 9.99. The van der Waals surface area contributed by atoms with E-state index in [-0.39, 0.29) is 24.4 Å². The van der Waals surface area contributed by atoms with E-state index in [0.29, 0.717) is 35.8 Å². The molecule has 1 aromatic carbocycles. The molecule has 9 heteroatoms. The predicted octanol–water partition coefficient (Wildman–Crippen LogP) is 5.50. The zero-order chi connectivity index (χ0) is 30.4. The van der Waals surface area contributed by atoms with Gasteiger partial charge in [-0.2, -0.15) is 0 Å². The van der Waals surface area contributed by atoms with Crippen LogP contribution in [0.2, 0.25) is 0 Å². The van der Waals surface area contributed by atoms with Gasteiger partial charge in [0, 0.05) is 30.4 Å². The monoisotopic (exact) mass is 589 g/mol. The van der Waals surface area contributed by atoms with E-state index in [1.165, 1.54) is 32.5 Å². The van der Waals surface area contributed by atoms with Crippen LogP contribution >= 0.6 is 0 Å². The number of Topliss-reactive ketones (excluding diaryl/α,β-unsaturated/α-hetero) is 1. The number of ether oxygens (including phenoxy) is 4. The molecular weight excluding hydrogens is 546 g/mol. The largest absolute Gasteiger partial charge is 0.493 e. The van der Waals surface area contributed by atoms with Crippen molar-refractivity contribution in [3.8, 4) is 17.2 Å². The van der Waals surface area contributed by atoms with Crippen molar-refractivity contribution in [2.24, 2.45) is 0 Å². The molecule has 1 saturated heterocycles. The fourth-order valence-corrected chi connectivity index (χ4v) is 5.63. The van der Waals surface area contributed by atoms with E-state index >= 15 is 0 Å². The number of esters is 1. The summed E-state index contributed by atoms with van der Waals surface area (Å²) in [6.45, 7) is 0.758. The minimum Gasteiger partial charge on any atom is -0.493 e. The molecule has 0 bridgehead atoms. The second kappa shape index (κ2) is 16.6. The van der Waals surface area contributed by atoms with Gasteiger partial charge in [-0.25, -0.2) is 0 Å². The minimum absolute atomic E-state index is 0.102. The summed E-state index contributed by atoms with van der Waals surface area (Å²) in [5.41, 5.74) is 2.79. The molecule has 0 N–H and O–H groups in total. The molecule has 9 nitrogen and oxygen atoms in total. The van der Waals surface area contributed by atoms with Gasteiger partial charge in [0.05, 0.1) is 27.9 Å². The number of piperidine rings is 1. The summed E-state index contributed by atoms with van der Waals surface area (Å²) < 4.78 is 22.5. The van der Waals surface area contributed by atoms with Crippen molar-refractivity contribution in [1.29, 1.82) is 0 Å². The first-order chi connectivity index (χ1) is 21.0. The van der Waals surface area contributed by atoms with Gasteiger partial charge in [-0.3, -0.25) is 24.5 Å². The standard InChI is InChI=1S/C34H43N3O6/c1-40-31-20-27(21-32(41-2)33(31)42-3)30(38)24-37-19-5-4-16-29(37)34(39)43-28(14-6-10-25-12-8-17-35-22-25)15-7-11-26-13-9-18-36-23-26/h8-9,12-13,17-18,20-23,28-29H,4-7,10-11,14-16,19,24H2,1-3H3. The minimum atomic E-state index is -0.459. The molecule has 1 unspecified atom stereocenters. The van der Waals surface area contributed by atoms with Gasteiger partial charge >= 0.3 is 5.97 Å². The van der Waals surface area contributed by atoms with Crippen molar-refractivity contribution in [2.75, 3.05) is 34.4 Å². The third-order valence-corrected chi connectivity index (χ3v) is 7.93.